The highest BCUT2D eigenvalue weighted by Crippen LogP contribution is 2.08. The number of ether oxygens (including phenoxy) is 1. The van der Waals surface area contributed by atoms with E-state index in [0.717, 1.165) is 5.56 Å². The van der Waals surface area contributed by atoms with Crippen LogP contribution in [0.15, 0.2) is 24.5 Å². The number of aromatic nitrogens is 4. The first-order chi connectivity index (χ1) is 7.78. The molecule has 6 heteroatoms. The summed E-state index contributed by atoms with van der Waals surface area (Å²) in [6.07, 6.45) is 4.02. The van der Waals surface area contributed by atoms with Gasteiger partial charge in [0.15, 0.2) is 0 Å². The Morgan fingerprint density at radius 2 is 2.19 bits per heavy atom. The number of anilines is 1. The zero-order chi connectivity index (χ0) is 11.4. The maximum atomic E-state index is 5.53. The minimum absolute atomic E-state index is 0.158. The summed E-state index contributed by atoms with van der Waals surface area (Å²) < 4.78 is 4.92. The van der Waals surface area contributed by atoms with Crippen molar-refractivity contribution in [2.24, 2.45) is 0 Å². The topological polar surface area (TPSA) is 86.8 Å². The van der Waals surface area contributed by atoms with Crippen LogP contribution in [-0.4, -0.2) is 27.0 Å². The van der Waals surface area contributed by atoms with E-state index in [-0.39, 0.29) is 12.0 Å². The predicted molar refractivity (Wildman–Crippen MR) is 57.8 cm³/mol. The van der Waals surface area contributed by atoms with Gasteiger partial charge in [-0.25, -0.2) is 0 Å². The lowest BCUT2D eigenvalue weighted by atomic mass is 10.2. The van der Waals surface area contributed by atoms with Crippen LogP contribution >= 0.6 is 0 Å². The highest BCUT2D eigenvalue weighted by molar-refractivity contribution is 5.21. The molecule has 6 nitrogen and oxygen atoms in total. The van der Waals surface area contributed by atoms with Gasteiger partial charge >= 0.3 is 6.01 Å². The molecular weight excluding hydrogens is 206 g/mol. The number of hydrogen-bond donors (Lipinski definition) is 1. The number of methoxy groups -OCH3 is 1. The van der Waals surface area contributed by atoms with Gasteiger partial charge in [0.1, 0.15) is 5.82 Å². The van der Waals surface area contributed by atoms with E-state index in [2.05, 4.69) is 19.9 Å². The summed E-state index contributed by atoms with van der Waals surface area (Å²) in [4.78, 5) is 15.9. The van der Waals surface area contributed by atoms with Crippen LogP contribution in [0.4, 0.5) is 5.95 Å². The lowest BCUT2D eigenvalue weighted by molar-refractivity contribution is 0.377. The molecule has 0 aliphatic heterocycles. The van der Waals surface area contributed by atoms with Crippen LogP contribution < -0.4 is 10.5 Å². The first kappa shape index (κ1) is 10.3. The Balaban J connectivity index is 2.24. The van der Waals surface area contributed by atoms with Crippen LogP contribution in [0.1, 0.15) is 11.4 Å². The van der Waals surface area contributed by atoms with E-state index >= 15 is 0 Å². The molecule has 0 saturated heterocycles. The van der Waals surface area contributed by atoms with Crippen molar-refractivity contribution in [1.29, 1.82) is 0 Å². The monoisotopic (exact) mass is 217 g/mol. The number of pyridine rings is 1. The van der Waals surface area contributed by atoms with E-state index in [9.17, 15) is 0 Å². The number of nitrogen functional groups attached to an aromatic ring is 1. The van der Waals surface area contributed by atoms with Crippen molar-refractivity contribution >= 4 is 5.95 Å². The Morgan fingerprint density at radius 3 is 2.88 bits per heavy atom. The zero-order valence-electron chi connectivity index (χ0n) is 8.79. The van der Waals surface area contributed by atoms with Crippen LogP contribution in [-0.2, 0) is 6.42 Å². The molecule has 2 rings (SSSR count). The molecule has 2 N–H and O–H groups in total. The SMILES string of the molecule is COc1nc(N)nc(Cc2cccnc2)n1. The highest BCUT2D eigenvalue weighted by atomic mass is 16.5. The van der Waals surface area contributed by atoms with Crippen LogP contribution in [0.25, 0.3) is 0 Å². The number of rotatable bonds is 3. The van der Waals surface area contributed by atoms with Gasteiger partial charge in [-0.05, 0) is 11.6 Å². The molecule has 82 valence electrons. The average molecular weight is 217 g/mol. The first-order valence-corrected chi connectivity index (χ1v) is 4.71. The predicted octanol–water partition coefficient (Wildman–Crippen LogP) is 0.448. The maximum Gasteiger partial charge on any atom is 0.321 e. The van der Waals surface area contributed by atoms with Crippen molar-refractivity contribution in [2.45, 2.75) is 6.42 Å². The summed E-state index contributed by atoms with van der Waals surface area (Å²) in [7, 11) is 1.49. The average Bonchev–Trinajstić information content (AvgIpc) is 2.29. The molecule has 0 amide bonds. The van der Waals surface area contributed by atoms with Gasteiger partial charge in [0.2, 0.25) is 5.95 Å². The molecule has 2 heterocycles. The molecule has 0 spiro atoms. The van der Waals surface area contributed by atoms with Gasteiger partial charge in [0.05, 0.1) is 7.11 Å². The van der Waals surface area contributed by atoms with Crippen molar-refractivity contribution in [2.75, 3.05) is 12.8 Å². The molecule has 2 aromatic rings. The maximum absolute atomic E-state index is 5.53. The third-order valence-electron chi connectivity index (χ3n) is 1.95. The van der Waals surface area contributed by atoms with Crippen LogP contribution in [0.3, 0.4) is 0 Å². The van der Waals surface area contributed by atoms with Gasteiger partial charge in [0.25, 0.3) is 0 Å². The summed E-state index contributed by atoms with van der Waals surface area (Å²) in [5.41, 5.74) is 6.54. The highest BCUT2D eigenvalue weighted by Gasteiger charge is 2.05. The Hall–Kier alpha value is -2.24. The largest absolute Gasteiger partial charge is 0.467 e. The summed E-state index contributed by atoms with van der Waals surface area (Å²) in [5, 5.41) is 0. The molecule has 0 saturated carbocycles. The Bertz CT molecular complexity index is 474. The van der Waals surface area contributed by atoms with Crippen molar-refractivity contribution in [3.05, 3.63) is 35.9 Å². The van der Waals surface area contributed by atoms with Crippen molar-refractivity contribution in [3.63, 3.8) is 0 Å². The Labute approximate surface area is 92.6 Å². The molecule has 2 aromatic heterocycles. The molecule has 0 aromatic carbocycles. The van der Waals surface area contributed by atoms with Crippen molar-refractivity contribution in [1.82, 2.24) is 19.9 Å². The molecule has 0 aliphatic rings. The summed E-state index contributed by atoms with van der Waals surface area (Å²) in [5.74, 6) is 0.725. The van der Waals surface area contributed by atoms with Gasteiger partial charge in [-0.15, -0.1) is 0 Å². The van der Waals surface area contributed by atoms with Crippen LogP contribution in [0, 0.1) is 0 Å². The normalized spacial score (nSPS) is 10.1. The van der Waals surface area contributed by atoms with E-state index in [1.54, 1.807) is 12.4 Å². The first-order valence-electron chi connectivity index (χ1n) is 4.71. The fourth-order valence-electron chi connectivity index (χ4n) is 1.27. The van der Waals surface area contributed by atoms with E-state index < -0.39 is 0 Å². The molecule has 0 unspecified atom stereocenters. The van der Waals surface area contributed by atoms with Gasteiger partial charge in [-0.3, -0.25) is 4.98 Å². The van der Waals surface area contributed by atoms with Crippen LogP contribution in [0.5, 0.6) is 6.01 Å². The van der Waals surface area contributed by atoms with Gasteiger partial charge in [-0.1, -0.05) is 6.07 Å². The quantitative estimate of drug-likeness (QED) is 0.803. The third-order valence-corrected chi connectivity index (χ3v) is 1.95. The summed E-state index contributed by atoms with van der Waals surface area (Å²) >= 11 is 0. The second-order valence-electron chi connectivity index (χ2n) is 3.13. The number of nitrogens with two attached hydrogens (primary N) is 1. The van der Waals surface area contributed by atoms with E-state index in [1.165, 1.54) is 7.11 Å². The molecule has 0 aliphatic carbocycles. The van der Waals surface area contributed by atoms with Crippen LogP contribution in [0.2, 0.25) is 0 Å². The van der Waals surface area contributed by atoms with Gasteiger partial charge < -0.3 is 10.5 Å². The summed E-state index contributed by atoms with van der Waals surface area (Å²) in [6.45, 7) is 0. The minimum atomic E-state index is 0.158. The zero-order valence-corrected chi connectivity index (χ0v) is 8.79. The fraction of sp³-hybridized carbons (Fsp3) is 0.200. The third kappa shape index (κ3) is 2.41. The minimum Gasteiger partial charge on any atom is -0.467 e. The van der Waals surface area contributed by atoms with E-state index in [1.807, 2.05) is 12.1 Å². The molecule has 0 bridgehead atoms. The van der Waals surface area contributed by atoms with E-state index in [4.69, 9.17) is 10.5 Å². The molecule has 0 fully saturated rings. The molecule has 0 atom stereocenters. The number of hydrogen-bond acceptors (Lipinski definition) is 6. The lowest BCUT2D eigenvalue weighted by Crippen LogP contribution is -2.05. The Kier molecular flexibility index (Phi) is 2.90. The number of nitrogens with zero attached hydrogens (tertiary/aromatic N) is 4. The van der Waals surface area contributed by atoms with Gasteiger partial charge in [0, 0.05) is 18.8 Å². The smallest absolute Gasteiger partial charge is 0.321 e. The van der Waals surface area contributed by atoms with Crippen molar-refractivity contribution in [3.8, 4) is 6.01 Å². The molecule has 0 radical (unpaired) electrons. The lowest BCUT2D eigenvalue weighted by Gasteiger charge is -2.03. The summed E-state index contributed by atoms with van der Waals surface area (Å²) in [6, 6.07) is 4.03. The second-order valence-corrected chi connectivity index (χ2v) is 3.13. The standard InChI is InChI=1S/C10H11N5O/c1-16-10-14-8(13-9(11)15-10)5-7-3-2-4-12-6-7/h2-4,6H,5H2,1H3,(H2,11,13,14,15). The fourth-order valence-corrected chi connectivity index (χ4v) is 1.27. The second kappa shape index (κ2) is 4.52. The Morgan fingerprint density at radius 1 is 1.31 bits per heavy atom. The van der Waals surface area contributed by atoms with Crippen molar-refractivity contribution < 1.29 is 4.74 Å². The molecular formula is C10H11N5O. The van der Waals surface area contributed by atoms with E-state index in [0.29, 0.717) is 12.2 Å². The molecule has 16 heavy (non-hydrogen) atoms. The van der Waals surface area contributed by atoms with Gasteiger partial charge in [-0.2, -0.15) is 15.0 Å².